The predicted molar refractivity (Wildman–Crippen MR) is 167 cm³/mol. The molecule has 0 unspecified atom stereocenters. The Kier molecular flexibility index (Phi) is 7.74. The molecule has 202 valence electrons. The van der Waals surface area contributed by atoms with Crippen LogP contribution >= 0.6 is 15.9 Å². The van der Waals surface area contributed by atoms with Crippen LogP contribution in [0.15, 0.2) is 107 Å². The number of hydrogen-bond donors (Lipinski definition) is 1. The van der Waals surface area contributed by atoms with Crippen molar-refractivity contribution in [3.63, 3.8) is 0 Å². The zero-order chi connectivity index (χ0) is 27.5. The number of ether oxygens (including phenoxy) is 2. The van der Waals surface area contributed by atoms with E-state index in [4.69, 9.17) is 14.5 Å². The Morgan fingerprint density at radius 3 is 2.60 bits per heavy atom. The number of hydrogen-bond acceptors (Lipinski definition) is 4. The molecule has 1 aliphatic heterocycles. The van der Waals surface area contributed by atoms with E-state index in [2.05, 4.69) is 82.8 Å². The Bertz CT molecular complexity index is 1550. The summed E-state index contributed by atoms with van der Waals surface area (Å²) in [4.78, 5) is 4.77. The van der Waals surface area contributed by atoms with Crippen LogP contribution in [0, 0.1) is 12.8 Å². The minimum atomic E-state index is 0.279. The standard InChI is InChI=1S/C35H33BrN2O2/c1-3-39-33-20-25(19-31(36)35(33)40-22-24-8-5-4-6-9-24)21-37-27-15-13-26(14-16-27)34-29-11-7-10-28(29)30-18-23(2)12-17-32(30)38-34/h4-10,12-21,28-29,34,38H,3,11,22H2,1-2H3/t28-,29-,34+/m1/s1. The number of allylic oxidation sites excluding steroid dienone is 2. The molecule has 0 spiro atoms. The third kappa shape index (κ3) is 5.57. The maximum absolute atomic E-state index is 6.13. The number of benzene rings is 4. The lowest BCUT2D eigenvalue weighted by atomic mass is 9.76. The molecule has 0 saturated carbocycles. The van der Waals surface area contributed by atoms with Gasteiger partial charge in [0.05, 0.1) is 22.8 Å². The van der Waals surface area contributed by atoms with Gasteiger partial charge in [-0.2, -0.15) is 0 Å². The average molecular weight is 594 g/mol. The summed E-state index contributed by atoms with van der Waals surface area (Å²) in [7, 11) is 0. The van der Waals surface area contributed by atoms with Gasteiger partial charge in [-0.05, 0) is 94.7 Å². The normalized spacial score (nSPS) is 19.2. The number of fused-ring (bicyclic) bond motifs is 3. The molecule has 0 aromatic heterocycles. The number of anilines is 1. The zero-order valence-electron chi connectivity index (χ0n) is 22.8. The lowest BCUT2D eigenvalue weighted by Gasteiger charge is -2.37. The van der Waals surface area contributed by atoms with E-state index >= 15 is 0 Å². The van der Waals surface area contributed by atoms with Gasteiger partial charge in [0.1, 0.15) is 6.61 Å². The maximum Gasteiger partial charge on any atom is 0.175 e. The number of nitrogens with one attached hydrogen (secondary N) is 1. The molecule has 0 amide bonds. The van der Waals surface area contributed by atoms with E-state index in [1.807, 2.05) is 55.6 Å². The molecule has 6 rings (SSSR count). The van der Waals surface area contributed by atoms with Crippen molar-refractivity contribution in [2.75, 3.05) is 11.9 Å². The smallest absolute Gasteiger partial charge is 0.175 e. The predicted octanol–water partition coefficient (Wildman–Crippen LogP) is 9.31. The van der Waals surface area contributed by atoms with Gasteiger partial charge in [0, 0.05) is 17.8 Å². The fourth-order valence-corrected chi connectivity index (χ4v) is 6.33. The van der Waals surface area contributed by atoms with Crippen LogP contribution in [0.25, 0.3) is 0 Å². The number of halogens is 1. The van der Waals surface area contributed by atoms with Crippen molar-refractivity contribution in [2.24, 2.45) is 10.9 Å². The van der Waals surface area contributed by atoms with E-state index in [-0.39, 0.29) is 6.04 Å². The zero-order valence-corrected chi connectivity index (χ0v) is 24.4. The first-order valence-electron chi connectivity index (χ1n) is 13.9. The van der Waals surface area contributed by atoms with Gasteiger partial charge in [0.15, 0.2) is 11.5 Å². The van der Waals surface area contributed by atoms with Crippen LogP contribution in [-0.2, 0) is 6.61 Å². The van der Waals surface area contributed by atoms with Crippen LogP contribution in [0.3, 0.4) is 0 Å². The highest BCUT2D eigenvalue weighted by atomic mass is 79.9. The van der Waals surface area contributed by atoms with Crippen LogP contribution in [0.1, 0.15) is 53.1 Å². The summed E-state index contributed by atoms with van der Waals surface area (Å²) in [6.07, 6.45) is 7.70. The van der Waals surface area contributed by atoms with Gasteiger partial charge in [0.2, 0.25) is 0 Å². The monoisotopic (exact) mass is 592 g/mol. The number of aliphatic imine (C=N–C) groups is 1. The molecule has 0 saturated heterocycles. The average Bonchev–Trinajstić information content (AvgIpc) is 3.47. The molecule has 0 bridgehead atoms. The van der Waals surface area contributed by atoms with E-state index in [9.17, 15) is 0 Å². The summed E-state index contributed by atoms with van der Waals surface area (Å²) in [6.45, 7) is 5.16. The van der Waals surface area contributed by atoms with Crippen molar-refractivity contribution in [1.82, 2.24) is 0 Å². The van der Waals surface area contributed by atoms with Gasteiger partial charge < -0.3 is 14.8 Å². The number of nitrogens with zero attached hydrogens (tertiary/aromatic N) is 1. The number of aryl methyl sites for hydroxylation is 1. The summed E-state index contributed by atoms with van der Waals surface area (Å²) in [5.74, 6) is 2.39. The van der Waals surface area contributed by atoms with Gasteiger partial charge in [-0.25, -0.2) is 0 Å². The van der Waals surface area contributed by atoms with Crippen molar-refractivity contribution in [1.29, 1.82) is 0 Å². The van der Waals surface area contributed by atoms with Gasteiger partial charge in [-0.1, -0.05) is 72.3 Å². The second kappa shape index (κ2) is 11.7. The topological polar surface area (TPSA) is 42.8 Å². The summed E-state index contributed by atoms with van der Waals surface area (Å²) < 4.78 is 12.9. The lowest BCUT2D eigenvalue weighted by molar-refractivity contribution is 0.267. The van der Waals surface area contributed by atoms with Gasteiger partial charge in [-0.15, -0.1) is 0 Å². The van der Waals surface area contributed by atoms with E-state index in [1.54, 1.807) is 0 Å². The molecule has 5 heteroatoms. The Balaban J connectivity index is 1.18. The van der Waals surface area contributed by atoms with E-state index in [0.717, 1.165) is 27.7 Å². The largest absolute Gasteiger partial charge is 0.490 e. The molecule has 0 radical (unpaired) electrons. The fourth-order valence-electron chi connectivity index (χ4n) is 5.76. The highest BCUT2D eigenvalue weighted by Crippen LogP contribution is 2.50. The molecular formula is C35H33BrN2O2. The minimum Gasteiger partial charge on any atom is -0.490 e. The van der Waals surface area contributed by atoms with Crippen LogP contribution < -0.4 is 14.8 Å². The van der Waals surface area contributed by atoms with Crippen LogP contribution in [0.2, 0.25) is 0 Å². The highest BCUT2D eigenvalue weighted by Gasteiger charge is 2.37. The Morgan fingerprint density at radius 1 is 0.975 bits per heavy atom. The third-order valence-electron chi connectivity index (χ3n) is 7.69. The van der Waals surface area contributed by atoms with E-state index in [0.29, 0.717) is 36.5 Å². The van der Waals surface area contributed by atoms with Gasteiger partial charge >= 0.3 is 0 Å². The summed E-state index contributed by atoms with van der Waals surface area (Å²) in [6, 6.07) is 29.8. The Morgan fingerprint density at radius 2 is 1.80 bits per heavy atom. The highest BCUT2D eigenvalue weighted by molar-refractivity contribution is 9.10. The first-order chi connectivity index (χ1) is 19.6. The van der Waals surface area contributed by atoms with Gasteiger partial charge in [-0.3, -0.25) is 4.99 Å². The van der Waals surface area contributed by atoms with Crippen molar-refractivity contribution in [3.8, 4) is 11.5 Å². The minimum absolute atomic E-state index is 0.279. The molecule has 40 heavy (non-hydrogen) atoms. The molecule has 4 aromatic carbocycles. The second-order valence-corrected chi connectivity index (χ2v) is 11.3. The summed E-state index contributed by atoms with van der Waals surface area (Å²) in [5, 5.41) is 3.83. The maximum atomic E-state index is 6.13. The molecule has 2 aliphatic rings. The number of rotatable bonds is 8. The molecule has 4 nitrogen and oxygen atoms in total. The molecule has 1 heterocycles. The summed E-state index contributed by atoms with van der Waals surface area (Å²) in [5.41, 5.74) is 8.23. The molecule has 4 aromatic rings. The fraction of sp³-hybridized carbons (Fsp3) is 0.229. The Hall–Kier alpha value is -3.83. The SMILES string of the molecule is CCOc1cc(C=Nc2ccc([C@@H]3Nc4ccc(C)cc4[C@@H]4C=CC[C@H]43)cc2)cc(Br)c1OCc1ccccc1. The molecule has 0 fully saturated rings. The molecule has 1 N–H and O–H groups in total. The Labute approximate surface area is 244 Å². The van der Waals surface area contributed by atoms with E-state index < -0.39 is 0 Å². The third-order valence-corrected chi connectivity index (χ3v) is 8.28. The molecule has 1 aliphatic carbocycles. The van der Waals surface area contributed by atoms with Crippen molar-refractivity contribution in [3.05, 3.63) is 129 Å². The van der Waals surface area contributed by atoms with Crippen LogP contribution in [0.4, 0.5) is 11.4 Å². The van der Waals surface area contributed by atoms with Gasteiger partial charge in [0.25, 0.3) is 0 Å². The molecule has 3 atom stereocenters. The molecular weight excluding hydrogens is 560 g/mol. The lowest BCUT2D eigenvalue weighted by Crippen LogP contribution is -2.29. The van der Waals surface area contributed by atoms with Crippen LogP contribution in [-0.4, -0.2) is 12.8 Å². The first kappa shape index (κ1) is 26.4. The quantitative estimate of drug-likeness (QED) is 0.164. The second-order valence-electron chi connectivity index (χ2n) is 10.5. The van der Waals surface area contributed by atoms with Crippen molar-refractivity contribution in [2.45, 2.75) is 38.8 Å². The van der Waals surface area contributed by atoms with E-state index in [1.165, 1.54) is 22.4 Å². The first-order valence-corrected chi connectivity index (χ1v) is 14.7. The summed E-state index contributed by atoms with van der Waals surface area (Å²) >= 11 is 3.68. The van der Waals surface area contributed by atoms with Crippen molar-refractivity contribution < 1.29 is 9.47 Å². The van der Waals surface area contributed by atoms with Crippen molar-refractivity contribution >= 4 is 33.5 Å². The van der Waals surface area contributed by atoms with Crippen LogP contribution in [0.5, 0.6) is 11.5 Å².